The molecule has 190 valence electrons. The highest BCUT2D eigenvalue weighted by Gasteiger charge is 2.18. The van der Waals surface area contributed by atoms with Crippen molar-refractivity contribution in [2.75, 3.05) is 13.2 Å². The molecule has 5 heteroatoms. The largest absolute Gasteiger partial charge is 0.493 e. The third-order valence-corrected chi connectivity index (χ3v) is 6.47. The van der Waals surface area contributed by atoms with Crippen molar-refractivity contribution >= 4 is 22.5 Å². The standard InChI is InChI=1S/C32H32O5/c1-3-23-12-16-30(29(21-23)32(35)28-11-6-9-25-8-4-5-10-27(25)28)37-19-7-18-36-26-15-13-24(22(2)20-26)14-17-31(33)34/h4-6,8-13,15-16,20-21H,3,7,14,17-19H2,1-2H3,(H,33,34). The number of carboxylic acid groups (broad SMARTS) is 1. The SMILES string of the molecule is CCc1ccc(OCCCOc2ccc(CCC(=O)O)c(C)c2)c(C(=O)c2cccc3ccccc23)c1. The normalized spacial score (nSPS) is 10.9. The second-order valence-corrected chi connectivity index (χ2v) is 9.07. The molecule has 0 saturated carbocycles. The number of hydrogen-bond donors (Lipinski definition) is 1. The maximum atomic E-state index is 13.6. The lowest BCUT2D eigenvalue weighted by atomic mass is 9.95. The van der Waals surface area contributed by atoms with E-state index in [2.05, 4.69) is 6.92 Å². The summed E-state index contributed by atoms with van der Waals surface area (Å²) in [5, 5.41) is 10.9. The Morgan fingerprint density at radius 1 is 0.838 bits per heavy atom. The van der Waals surface area contributed by atoms with Gasteiger partial charge in [0.2, 0.25) is 0 Å². The molecule has 1 N–H and O–H groups in total. The maximum absolute atomic E-state index is 13.6. The summed E-state index contributed by atoms with van der Waals surface area (Å²) in [5.74, 6) is 0.479. The van der Waals surface area contributed by atoms with Gasteiger partial charge in [0.25, 0.3) is 0 Å². The van der Waals surface area contributed by atoms with Gasteiger partial charge in [-0.2, -0.15) is 0 Å². The lowest BCUT2D eigenvalue weighted by molar-refractivity contribution is -0.136. The van der Waals surface area contributed by atoms with Crippen LogP contribution in [0.3, 0.4) is 0 Å². The molecule has 0 radical (unpaired) electrons. The molecule has 0 aliphatic heterocycles. The average molecular weight is 497 g/mol. The molecule has 0 bridgehead atoms. The predicted molar refractivity (Wildman–Crippen MR) is 146 cm³/mol. The third-order valence-electron chi connectivity index (χ3n) is 6.47. The first kappa shape index (κ1) is 26.0. The molecule has 0 heterocycles. The highest BCUT2D eigenvalue weighted by molar-refractivity contribution is 6.17. The summed E-state index contributed by atoms with van der Waals surface area (Å²) >= 11 is 0. The maximum Gasteiger partial charge on any atom is 0.303 e. The first-order chi connectivity index (χ1) is 18.0. The lowest BCUT2D eigenvalue weighted by Crippen LogP contribution is -2.10. The number of benzene rings is 4. The van der Waals surface area contributed by atoms with E-state index in [-0.39, 0.29) is 12.2 Å². The van der Waals surface area contributed by atoms with E-state index in [4.69, 9.17) is 14.6 Å². The van der Waals surface area contributed by atoms with Crippen molar-refractivity contribution in [2.45, 2.75) is 39.5 Å². The molecule has 0 spiro atoms. The molecule has 0 unspecified atom stereocenters. The molecule has 0 atom stereocenters. The van der Waals surface area contributed by atoms with Crippen LogP contribution >= 0.6 is 0 Å². The molecule has 0 amide bonds. The highest BCUT2D eigenvalue weighted by Crippen LogP contribution is 2.28. The zero-order chi connectivity index (χ0) is 26.2. The molecule has 5 nitrogen and oxygen atoms in total. The van der Waals surface area contributed by atoms with Crippen molar-refractivity contribution in [3.63, 3.8) is 0 Å². The number of ketones is 1. The van der Waals surface area contributed by atoms with Crippen LogP contribution in [0.4, 0.5) is 0 Å². The van der Waals surface area contributed by atoms with E-state index in [9.17, 15) is 9.59 Å². The van der Waals surface area contributed by atoms with E-state index < -0.39 is 5.97 Å². The average Bonchev–Trinajstić information content (AvgIpc) is 2.91. The molecule has 0 aliphatic carbocycles. The summed E-state index contributed by atoms with van der Waals surface area (Å²) in [5.41, 5.74) is 4.35. The fraction of sp³-hybridized carbons (Fsp3) is 0.250. The zero-order valence-electron chi connectivity index (χ0n) is 21.3. The fourth-order valence-electron chi connectivity index (χ4n) is 4.38. The Bertz CT molecular complexity index is 1400. The van der Waals surface area contributed by atoms with Crippen LogP contribution in [-0.4, -0.2) is 30.1 Å². The van der Waals surface area contributed by atoms with E-state index in [0.717, 1.165) is 39.6 Å². The molecule has 0 aromatic heterocycles. The van der Waals surface area contributed by atoms with Crippen LogP contribution in [0.1, 0.15) is 52.4 Å². The van der Waals surface area contributed by atoms with Gasteiger partial charge in [-0.3, -0.25) is 9.59 Å². The summed E-state index contributed by atoms with van der Waals surface area (Å²) in [7, 11) is 0. The van der Waals surface area contributed by atoms with Crippen molar-refractivity contribution in [1.29, 1.82) is 0 Å². The van der Waals surface area contributed by atoms with Gasteiger partial charge in [0.1, 0.15) is 11.5 Å². The minimum atomic E-state index is -0.800. The molecule has 0 aliphatic rings. The second kappa shape index (κ2) is 12.2. The zero-order valence-corrected chi connectivity index (χ0v) is 21.3. The van der Waals surface area contributed by atoms with Crippen molar-refractivity contribution < 1.29 is 24.2 Å². The summed E-state index contributed by atoms with van der Waals surface area (Å²) in [6, 6.07) is 25.3. The van der Waals surface area contributed by atoms with Gasteiger partial charge in [-0.1, -0.05) is 61.5 Å². The van der Waals surface area contributed by atoms with E-state index in [1.807, 2.05) is 85.8 Å². The van der Waals surface area contributed by atoms with Gasteiger partial charge in [0.15, 0.2) is 5.78 Å². The molecule has 0 saturated heterocycles. The first-order valence-electron chi connectivity index (χ1n) is 12.7. The van der Waals surface area contributed by atoms with E-state index in [1.54, 1.807) is 0 Å². The van der Waals surface area contributed by atoms with Crippen molar-refractivity contribution in [3.05, 3.63) is 107 Å². The number of aliphatic carboxylic acids is 1. The minimum absolute atomic E-state index is 0.0446. The molecule has 4 rings (SSSR count). The number of carboxylic acids is 1. The minimum Gasteiger partial charge on any atom is -0.493 e. The van der Waals surface area contributed by atoms with Gasteiger partial charge < -0.3 is 14.6 Å². The summed E-state index contributed by atoms with van der Waals surface area (Å²) in [6.07, 6.45) is 2.10. The van der Waals surface area contributed by atoms with E-state index in [0.29, 0.717) is 42.9 Å². The van der Waals surface area contributed by atoms with E-state index in [1.165, 1.54) is 0 Å². The molecular formula is C32H32O5. The number of rotatable bonds is 12. The van der Waals surface area contributed by atoms with Crippen LogP contribution in [0.25, 0.3) is 10.8 Å². The number of ether oxygens (including phenoxy) is 2. The molecule has 37 heavy (non-hydrogen) atoms. The topological polar surface area (TPSA) is 72.8 Å². The van der Waals surface area contributed by atoms with Crippen molar-refractivity contribution in [1.82, 2.24) is 0 Å². The smallest absolute Gasteiger partial charge is 0.303 e. The fourth-order valence-corrected chi connectivity index (χ4v) is 4.38. The summed E-state index contributed by atoms with van der Waals surface area (Å²) in [4.78, 5) is 24.4. The summed E-state index contributed by atoms with van der Waals surface area (Å²) in [6.45, 7) is 4.91. The molecular weight excluding hydrogens is 464 g/mol. The summed E-state index contributed by atoms with van der Waals surface area (Å²) < 4.78 is 11.9. The molecule has 4 aromatic carbocycles. The highest BCUT2D eigenvalue weighted by atomic mass is 16.5. The number of carbonyl (C=O) groups excluding carboxylic acids is 1. The van der Waals surface area contributed by atoms with Crippen LogP contribution in [0, 0.1) is 6.92 Å². The van der Waals surface area contributed by atoms with Gasteiger partial charge in [0, 0.05) is 18.4 Å². The number of hydrogen-bond acceptors (Lipinski definition) is 4. The van der Waals surface area contributed by atoms with Crippen LogP contribution in [0.2, 0.25) is 0 Å². The monoisotopic (exact) mass is 496 g/mol. The quantitative estimate of drug-likeness (QED) is 0.172. The Morgan fingerprint density at radius 2 is 1.62 bits per heavy atom. The Kier molecular flexibility index (Phi) is 8.57. The number of carbonyl (C=O) groups is 2. The van der Waals surface area contributed by atoms with Gasteiger partial charge in [-0.15, -0.1) is 0 Å². The Labute approximate surface area is 217 Å². The number of fused-ring (bicyclic) bond motifs is 1. The van der Waals surface area contributed by atoms with Crippen LogP contribution in [0.5, 0.6) is 11.5 Å². The first-order valence-corrected chi connectivity index (χ1v) is 12.7. The Hall–Kier alpha value is -4.12. The molecule has 0 fully saturated rings. The van der Waals surface area contributed by atoms with Gasteiger partial charge in [0.05, 0.1) is 18.8 Å². The predicted octanol–water partition coefficient (Wildman–Crippen LogP) is 6.81. The third kappa shape index (κ3) is 6.56. The lowest BCUT2D eigenvalue weighted by Gasteiger charge is -2.14. The van der Waals surface area contributed by atoms with E-state index >= 15 is 0 Å². The van der Waals surface area contributed by atoms with Gasteiger partial charge in [-0.05, 0) is 71.5 Å². The van der Waals surface area contributed by atoms with Crippen molar-refractivity contribution in [2.24, 2.45) is 0 Å². The van der Waals surface area contributed by atoms with Gasteiger partial charge in [-0.25, -0.2) is 0 Å². The number of aryl methyl sites for hydroxylation is 3. The molecule has 4 aromatic rings. The Morgan fingerprint density at radius 3 is 2.41 bits per heavy atom. The van der Waals surface area contributed by atoms with Crippen LogP contribution in [-0.2, 0) is 17.6 Å². The van der Waals surface area contributed by atoms with Gasteiger partial charge >= 0.3 is 5.97 Å². The second-order valence-electron chi connectivity index (χ2n) is 9.07. The Balaban J connectivity index is 1.39. The van der Waals surface area contributed by atoms with Crippen LogP contribution in [0.15, 0.2) is 78.9 Å². The van der Waals surface area contributed by atoms with Crippen molar-refractivity contribution in [3.8, 4) is 11.5 Å². The van der Waals surface area contributed by atoms with Crippen LogP contribution < -0.4 is 9.47 Å².